The number of likely N-dealkylation sites (N-methyl/N-ethyl adjacent to an activating group) is 1. The van der Waals surface area contributed by atoms with Gasteiger partial charge in [-0.15, -0.1) is 11.3 Å². The largest absolute Gasteiger partial charge is 0.451 e. The summed E-state index contributed by atoms with van der Waals surface area (Å²) >= 11 is 1.50. The molecule has 1 aromatic carbocycles. The third-order valence-electron chi connectivity index (χ3n) is 4.10. The molecule has 0 saturated heterocycles. The zero-order valence-electron chi connectivity index (χ0n) is 13.6. The Morgan fingerprint density at radius 3 is 2.88 bits per heavy atom. The van der Waals surface area contributed by atoms with Crippen molar-refractivity contribution < 1.29 is 13.6 Å². The molecular formula is C18H16FN3O2S. The van der Waals surface area contributed by atoms with Gasteiger partial charge in [0.15, 0.2) is 10.9 Å². The Morgan fingerprint density at radius 1 is 1.28 bits per heavy atom. The number of aromatic nitrogens is 1. The lowest BCUT2D eigenvalue weighted by Gasteiger charge is -2.20. The van der Waals surface area contributed by atoms with Crippen molar-refractivity contribution in [2.24, 2.45) is 0 Å². The predicted molar refractivity (Wildman–Crippen MR) is 94.2 cm³/mol. The predicted octanol–water partition coefficient (Wildman–Crippen LogP) is 3.78. The number of fused-ring (bicyclic) bond motifs is 1. The molecule has 0 bridgehead atoms. The minimum atomic E-state index is -0.340. The Hall–Kier alpha value is -2.51. The number of carbonyl (C=O) groups excluding carboxylic acids is 1. The molecule has 0 spiro atoms. The molecule has 0 atom stereocenters. The number of furan rings is 1. The van der Waals surface area contributed by atoms with Crippen molar-refractivity contribution in [1.82, 2.24) is 9.88 Å². The molecule has 5 nitrogen and oxygen atoms in total. The van der Waals surface area contributed by atoms with Gasteiger partial charge in [0.25, 0.3) is 5.91 Å². The fourth-order valence-corrected chi connectivity index (χ4v) is 3.85. The summed E-state index contributed by atoms with van der Waals surface area (Å²) in [4.78, 5) is 20.3. The minimum absolute atomic E-state index is 0.199. The topological polar surface area (TPSA) is 58.4 Å². The summed E-state index contributed by atoms with van der Waals surface area (Å²) in [6.07, 6.45) is 0.896. The number of carbonyl (C=O) groups is 1. The van der Waals surface area contributed by atoms with E-state index in [9.17, 15) is 9.18 Å². The molecule has 1 aliphatic rings. The van der Waals surface area contributed by atoms with Gasteiger partial charge in [0.05, 0.1) is 5.69 Å². The lowest BCUT2D eigenvalue weighted by molar-refractivity contribution is 0.0997. The Balaban J connectivity index is 1.49. The monoisotopic (exact) mass is 357 g/mol. The van der Waals surface area contributed by atoms with Crippen LogP contribution in [0, 0.1) is 5.82 Å². The molecule has 128 valence electrons. The number of thiazole rings is 1. The van der Waals surface area contributed by atoms with Gasteiger partial charge < -0.3 is 9.32 Å². The quantitative estimate of drug-likeness (QED) is 0.775. The van der Waals surface area contributed by atoms with Crippen molar-refractivity contribution in [1.29, 1.82) is 0 Å². The molecular weight excluding hydrogens is 341 g/mol. The molecule has 2 aromatic heterocycles. The number of hydrogen-bond donors (Lipinski definition) is 1. The van der Waals surface area contributed by atoms with E-state index in [2.05, 4.69) is 22.2 Å². The second kappa shape index (κ2) is 6.42. The highest BCUT2D eigenvalue weighted by molar-refractivity contribution is 7.15. The average Bonchev–Trinajstić information content (AvgIpc) is 3.21. The van der Waals surface area contributed by atoms with Crippen LogP contribution < -0.4 is 5.32 Å². The van der Waals surface area contributed by atoms with Crippen LogP contribution in [-0.2, 0) is 13.0 Å². The molecule has 1 N–H and O–H groups in total. The lowest BCUT2D eigenvalue weighted by Crippen LogP contribution is -2.25. The molecule has 3 aromatic rings. The van der Waals surface area contributed by atoms with Crippen molar-refractivity contribution in [3.63, 3.8) is 0 Å². The lowest BCUT2D eigenvalue weighted by atomic mass is 10.2. The molecule has 0 aliphatic carbocycles. The summed E-state index contributed by atoms with van der Waals surface area (Å²) in [5, 5.41) is 3.39. The fourth-order valence-electron chi connectivity index (χ4n) is 2.76. The fraction of sp³-hybridized carbons (Fsp3) is 0.222. The maximum absolute atomic E-state index is 13.0. The van der Waals surface area contributed by atoms with E-state index in [4.69, 9.17) is 4.42 Å². The van der Waals surface area contributed by atoms with Crippen LogP contribution in [0.15, 0.2) is 40.8 Å². The van der Waals surface area contributed by atoms with Crippen LogP contribution in [0.25, 0.3) is 11.3 Å². The number of amides is 1. The van der Waals surface area contributed by atoms with Gasteiger partial charge in [-0.25, -0.2) is 9.37 Å². The van der Waals surface area contributed by atoms with Gasteiger partial charge in [-0.1, -0.05) is 0 Å². The van der Waals surface area contributed by atoms with Crippen LogP contribution >= 0.6 is 11.3 Å². The molecule has 7 heteroatoms. The molecule has 4 rings (SSSR count). The normalized spacial score (nSPS) is 14.3. The number of hydrogen-bond acceptors (Lipinski definition) is 5. The maximum atomic E-state index is 13.0. The molecule has 3 heterocycles. The maximum Gasteiger partial charge on any atom is 0.293 e. The van der Waals surface area contributed by atoms with E-state index in [-0.39, 0.29) is 17.5 Å². The van der Waals surface area contributed by atoms with Gasteiger partial charge in [0, 0.05) is 30.0 Å². The van der Waals surface area contributed by atoms with Gasteiger partial charge in [0.1, 0.15) is 11.6 Å². The van der Waals surface area contributed by atoms with Crippen molar-refractivity contribution in [3.05, 3.63) is 58.5 Å². The Kier molecular flexibility index (Phi) is 4.10. The van der Waals surface area contributed by atoms with Crippen molar-refractivity contribution >= 4 is 22.4 Å². The number of nitrogens with one attached hydrogen (secondary N) is 1. The second-order valence-electron chi connectivity index (χ2n) is 6.00. The van der Waals surface area contributed by atoms with Crippen LogP contribution in [0.1, 0.15) is 21.1 Å². The zero-order chi connectivity index (χ0) is 17.4. The van der Waals surface area contributed by atoms with E-state index in [1.54, 1.807) is 24.3 Å². The number of benzene rings is 1. The van der Waals surface area contributed by atoms with Crippen molar-refractivity contribution in [3.8, 4) is 11.3 Å². The number of nitrogens with zero attached hydrogens (tertiary/aromatic N) is 2. The molecule has 25 heavy (non-hydrogen) atoms. The van der Waals surface area contributed by atoms with Gasteiger partial charge >= 0.3 is 0 Å². The number of rotatable bonds is 3. The summed E-state index contributed by atoms with van der Waals surface area (Å²) in [5.41, 5.74) is 1.78. The van der Waals surface area contributed by atoms with Crippen LogP contribution in [-0.4, -0.2) is 29.4 Å². The summed E-state index contributed by atoms with van der Waals surface area (Å²) in [6, 6.07) is 9.24. The molecule has 1 aliphatic heterocycles. The van der Waals surface area contributed by atoms with E-state index in [1.165, 1.54) is 28.3 Å². The highest BCUT2D eigenvalue weighted by atomic mass is 32.1. The van der Waals surface area contributed by atoms with Gasteiger partial charge in [0.2, 0.25) is 0 Å². The van der Waals surface area contributed by atoms with E-state index < -0.39 is 0 Å². The Labute approximate surface area is 148 Å². The Morgan fingerprint density at radius 2 is 2.08 bits per heavy atom. The van der Waals surface area contributed by atoms with Crippen LogP contribution in [0.3, 0.4) is 0 Å². The van der Waals surface area contributed by atoms with Crippen LogP contribution in [0.2, 0.25) is 0 Å². The summed E-state index contributed by atoms with van der Waals surface area (Å²) in [5.74, 6) is 0.0642. The van der Waals surface area contributed by atoms with Gasteiger partial charge in [-0.05, 0) is 43.4 Å². The van der Waals surface area contributed by atoms with E-state index in [0.29, 0.717) is 16.5 Å². The Bertz CT molecular complexity index is 917. The summed E-state index contributed by atoms with van der Waals surface area (Å²) in [7, 11) is 2.07. The highest BCUT2D eigenvalue weighted by Gasteiger charge is 2.20. The first-order valence-corrected chi connectivity index (χ1v) is 8.74. The second-order valence-corrected chi connectivity index (χ2v) is 7.09. The van der Waals surface area contributed by atoms with Crippen LogP contribution in [0.4, 0.5) is 9.52 Å². The first-order chi connectivity index (χ1) is 12.1. The van der Waals surface area contributed by atoms with Gasteiger partial charge in [-0.2, -0.15) is 0 Å². The minimum Gasteiger partial charge on any atom is -0.451 e. The molecule has 0 radical (unpaired) electrons. The first kappa shape index (κ1) is 16.0. The average molecular weight is 357 g/mol. The summed E-state index contributed by atoms with van der Waals surface area (Å²) < 4.78 is 18.6. The smallest absolute Gasteiger partial charge is 0.293 e. The highest BCUT2D eigenvalue weighted by Crippen LogP contribution is 2.28. The van der Waals surface area contributed by atoms with Gasteiger partial charge in [-0.3, -0.25) is 10.1 Å². The molecule has 0 unspecified atom stereocenters. The van der Waals surface area contributed by atoms with E-state index >= 15 is 0 Å². The van der Waals surface area contributed by atoms with Crippen molar-refractivity contribution in [2.75, 3.05) is 18.9 Å². The SMILES string of the molecule is CN1CCc2nc(NC(=O)c3ccc(-c4ccc(F)cc4)o3)sc2C1. The molecule has 0 saturated carbocycles. The number of halogens is 1. The van der Waals surface area contributed by atoms with Crippen LogP contribution in [0.5, 0.6) is 0 Å². The first-order valence-electron chi connectivity index (χ1n) is 7.93. The molecule has 0 fully saturated rings. The van der Waals surface area contributed by atoms with E-state index in [0.717, 1.165) is 25.2 Å². The zero-order valence-corrected chi connectivity index (χ0v) is 14.4. The third-order valence-corrected chi connectivity index (χ3v) is 5.10. The number of anilines is 1. The van der Waals surface area contributed by atoms with E-state index in [1.807, 2.05) is 0 Å². The third kappa shape index (κ3) is 3.33. The van der Waals surface area contributed by atoms with Crippen molar-refractivity contribution in [2.45, 2.75) is 13.0 Å². The molecule has 1 amide bonds. The summed E-state index contributed by atoms with van der Waals surface area (Å²) in [6.45, 7) is 1.83. The standard InChI is InChI=1S/C18H16FN3O2S/c1-22-9-8-13-16(10-22)25-18(20-13)21-17(23)15-7-6-14(24-15)11-2-4-12(19)5-3-11/h2-7H,8-10H2,1H3,(H,20,21,23).